The van der Waals surface area contributed by atoms with Crippen LogP contribution in [-0.2, 0) is 4.79 Å². The third-order valence-electron chi connectivity index (χ3n) is 4.08. The quantitative estimate of drug-likeness (QED) is 0.513. The molecule has 5 heteroatoms. The van der Waals surface area contributed by atoms with Crippen LogP contribution in [-0.4, -0.2) is 39.8 Å². The maximum absolute atomic E-state index is 12.0. The van der Waals surface area contributed by atoms with Crippen LogP contribution in [0.3, 0.4) is 0 Å². The molecule has 0 aliphatic heterocycles. The second kappa shape index (κ2) is 10.9. The van der Waals surface area contributed by atoms with E-state index in [-0.39, 0.29) is 5.91 Å². The van der Waals surface area contributed by atoms with Crippen LogP contribution >= 0.6 is 0 Å². The molecule has 0 aromatic heterocycles. The Balaban J connectivity index is 1.77. The summed E-state index contributed by atoms with van der Waals surface area (Å²) in [5.41, 5.74) is 2.06. The molecule has 0 aliphatic rings. The van der Waals surface area contributed by atoms with Gasteiger partial charge in [0, 0.05) is 31.9 Å². The van der Waals surface area contributed by atoms with Crippen molar-refractivity contribution in [2.45, 2.75) is 13.3 Å². The standard InChI is InChI=1S/C22H28N2O3/c1-4-27-21-17-18(11-13-20(21)26-3)12-14-22(25)23-15-8-16-24(2)19-9-6-5-7-10-19/h5-7,9-14,17H,4,8,15-16H2,1-3H3,(H,23,25)/b14-12+. The molecule has 0 fully saturated rings. The number of carbonyl (C=O) groups excluding carboxylic acids is 1. The first-order valence-corrected chi connectivity index (χ1v) is 9.17. The summed E-state index contributed by atoms with van der Waals surface area (Å²) in [4.78, 5) is 14.2. The molecule has 2 aromatic carbocycles. The lowest BCUT2D eigenvalue weighted by atomic mass is 10.2. The Morgan fingerprint density at radius 2 is 1.93 bits per heavy atom. The van der Waals surface area contributed by atoms with Gasteiger partial charge in [0.05, 0.1) is 13.7 Å². The predicted molar refractivity (Wildman–Crippen MR) is 111 cm³/mol. The zero-order valence-corrected chi connectivity index (χ0v) is 16.3. The molecule has 2 aromatic rings. The Morgan fingerprint density at radius 1 is 1.15 bits per heavy atom. The maximum atomic E-state index is 12.0. The number of nitrogens with one attached hydrogen (secondary N) is 1. The van der Waals surface area contributed by atoms with Crippen molar-refractivity contribution in [3.63, 3.8) is 0 Å². The number of ether oxygens (including phenoxy) is 2. The fraction of sp³-hybridized carbons (Fsp3) is 0.318. The Labute approximate surface area is 161 Å². The second-order valence-electron chi connectivity index (χ2n) is 6.08. The van der Waals surface area contributed by atoms with Crippen LogP contribution in [0, 0.1) is 0 Å². The van der Waals surface area contributed by atoms with Crippen molar-refractivity contribution >= 4 is 17.7 Å². The Morgan fingerprint density at radius 3 is 2.63 bits per heavy atom. The van der Waals surface area contributed by atoms with E-state index in [2.05, 4.69) is 29.4 Å². The van der Waals surface area contributed by atoms with Gasteiger partial charge in [0.25, 0.3) is 0 Å². The number of hydrogen-bond acceptors (Lipinski definition) is 4. The van der Waals surface area contributed by atoms with E-state index >= 15 is 0 Å². The van der Waals surface area contributed by atoms with Crippen LogP contribution in [0.25, 0.3) is 6.08 Å². The summed E-state index contributed by atoms with van der Waals surface area (Å²) >= 11 is 0. The summed E-state index contributed by atoms with van der Waals surface area (Å²) in [6, 6.07) is 15.8. The summed E-state index contributed by atoms with van der Waals surface area (Å²) < 4.78 is 10.8. The highest BCUT2D eigenvalue weighted by molar-refractivity contribution is 5.91. The first kappa shape index (κ1) is 20.4. The van der Waals surface area contributed by atoms with Gasteiger partial charge in [0.2, 0.25) is 5.91 Å². The largest absolute Gasteiger partial charge is 0.493 e. The van der Waals surface area contributed by atoms with Gasteiger partial charge >= 0.3 is 0 Å². The summed E-state index contributed by atoms with van der Waals surface area (Å²) in [5, 5.41) is 2.91. The smallest absolute Gasteiger partial charge is 0.244 e. The number of rotatable bonds is 10. The number of carbonyl (C=O) groups is 1. The summed E-state index contributed by atoms with van der Waals surface area (Å²) in [6.45, 7) is 3.99. The van der Waals surface area contributed by atoms with E-state index in [0.717, 1.165) is 18.5 Å². The van der Waals surface area contributed by atoms with Gasteiger partial charge in [-0.05, 0) is 49.2 Å². The van der Waals surface area contributed by atoms with Gasteiger partial charge in [-0.25, -0.2) is 0 Å². The topological polar surface area (TPSA) is 50.8 Å². The fourth-order valence-corrected chi connectivity index (χ4v) is 2.64. The number of para-hydroxylation sites is 1. The zero-order chi connectivity index (χ0) is 19.5. The third kappa shape index (κ3) is 6.70. The van der Waals surface area contributed by atoms with Crippen LogP contribution in [0.1, 0.15) is 18.9 Å². The van der Waals surface area contributed by atoms with E-state index in [9.17, 15) is 4.79 Å². The molecular weight excluding hydrogens is 340 g/mol. The first-order valence-electron chi connectivity index (χ1n) is 9.17. The van der Waals surface area contributed by atoms with E-state index < -0.39 is 0 Å². The van der Waals surface area contributed by atoms with Crippen molar-refractivity contribution in [1.82, 2.24) is 5.32 Å². The molecule has 0 aliphatic carbocycles. The minimum atomic E-state index is -0.105. The number of amides is 1. The molecule has 0 radical (unpaired) electrons. The van der Waals surface area contributed by atoms with E-state index in [1.807, 2.05) is 43.3 Å². The van der Waals surface area contributed by atoms with Gasteiger partial charge < -0.3 is 19.7 Å². The van der Waals surface area contributed by atoms with Crippen LogP contribution in [0.5, 0.6) is 11.5 Å². The number of nitrogens with zero attached hydrogens (tertiary/aromatic N) is 1. The van der Waals surface area contributed by atoms with E-state index in [4.69, 9.17) is 9.47 Å². The molecular formula is C22H28N2O3. The average molecular weight is 368 g/mol. The lowest BCUT2D eigenvalue weighted by Crippen LogP contribution is -2.26. The monoisotopic (exact) mass is 368 g/mol. The molecule has 1 amide bonds. The van der Waals surface area contributed by atoms with Crippen molar-refractivity contribution in [2.75, 3.05) is 38.8 Å². The van der Waals surface area contributed by atoms with Crippen molar-refractivity contribution in [2.24, 2.45) is 0 Å². The number of benzene rings is 2. The molecule has 5 nitrogen and oxygen atoms in total. The minimum absolute atomic E-state index is 0.105. The van der Waals surface area contributed by atoms with Gasteiger partial charge in [0.15, 0.2) is 11.5 Å². The molecule has 0 unspecified atom stereocenters. The first-order chi connectivity index (χ1) is 13.1. The summed E-state index contributed by atoms with van der Waals surface area (Å²) in [7, 11) is 3.66. The second-order valence-corrected chi connectivity index (χ2v) is 6.08. The van der Waals surface area contributed by atoms with Crippen LogP contribution < -0.4 is 19.7 Å². The SMILES string of the molecule is CCOc1cc(/C=C/C(=O)NCCCN(C)c2ccccc2)ccc1OC. The van der Waals surface area contributed by atoms with Crippen molar-refractivity contribution < 1.29 is 14.3 Å². The van der Waals surface area contributed by atoms with E-state index in [1.165, 1.54) is 5.69 Å². The lowest BCUT2D eigenvalue weighted by molar-refractivity contribution is -0.116. The van der Waals surface area contributed by atoms with Crippen molar-refractivity contribution in [3.8, 4) is 11.5 Å². The Hall–Kier alpha value is -2.95. The number of hydrogen-bond donors (Lipinski definition) is 1. The van der Waals surface area contributed by atoms with Crippen LogP contribution in [0.15, 0.2) is 54.6 Å². The van der Waals surface area contributed by atoms with Crippen molar-refractivity contribution in [1.29, 1.82) is 0 Å². The normalized spacial score (nSPS) is 10.6. The van der Waals surface area contributed by atoms with Crippen LogP contribution in [0.2, 0.25) is 0 Å². The van der Waals surface area contributed by atoms with Gasteiger partial charge in [-0.2, -0.15) is 0 Å². The summed E-state index contributed by atoms with van der Waals surface area (Å²) in [6.07, 6.45) is 4.19. The summed E-state index contributed by atoms with van der Waals surface area (Å²) in [5.74, 6) is 1.25. The molecule has 0 saturated carbocycles. The molecule has 0 bridgehead atoms. The van der Waals surface area contributed by atoms with E-state index in [1.54, 1.807) is 19.3 Å². The molecule has 0 atom stereocenters. The fourth-order valence-electron chi connectivity index (χ4n) is 2.64. The van der Waals surface area contributed by atoms with E-state index in [0.29, 0.717) is 24.7 Å². The molecule has 0 heterocycles. The molecule has 144 valence electrons. The Kier molecular flexibility index (Phi) is 8.23. The van der Waals surface area contributed by atoms with Gasteiger partial charge in [-0.15, -0.1) is 0 Å². The molecule has 27 heavy (non-hydrogen) atoms. The minimum Gasteiger partial charge on any atom is -0.493 e. The molecule has 2 rings (SSSR count). The number of anilines is 1. The maximum Gasteiger partial charge on any atom is 0.244 e. The van der Waals surface area contributed by atoms with Crippen LogP contribution in [0.4, 0.5) is 5.69 Å². The van der Waals surface area contributed by atoms with Crippen molar-refractivity contribution in [3.05, 3.63) is 60.2 Å². The molecule has 0 spiro atoms. The van der Waals surface area contributed by atoms with Gasteiger partial charge in [-0.1, -0.05) is 24.3 Å². The predicted octanol–water partition coefficient (Wildman–Crippen LogP) is 3.75. The van der Waals surface area contributed by atoms with Gasteiger partial charge in [-0.3, -0.25) is 4.79 Å². The number of methoxy groups -OCH3 is 1. The third-order valence-corrected chi connectivity index (χ3v) is 4.08. The Bertz CT molecular complexity index is 744. The lowest BCUT2D eigenvalue weighted by Gasteiger charge is -2.19. The zero-order valence-electron chi connectivity index (χ0n) is 16.3. The van der Waals surface area contributed by atoms with Gasteiger partial charge in [0.1, 0.15) is 0 Å². The molecule has 1 N–H and O–H groups in total. The highest BCUT2D eigenvalue weighted by atomic mass is 16.5. The highest BCUT2D eigenvalue weighted by Gasteiger charge is 2.04. The highest BCUT2D eigenvalue weighted by Crippen LogP contribution is 2.28. The molecule has 0 saturated heterocycles. The average Bonchev–Trinajstić information content (AvgIpc) is 2.70.